The van der Waals surface area contributed by atoms with Gasteiger partial charge in [-0.15, -0.1) is 11.6 Å². The van der Waals surface area contributed by atoms with Gasteiger partial charge in [-0.2, -0.15) is 0 Å². The van der Waals surface area contributed by atoms with E-state index < -0.39 is 0 Å². The van der Waals surface area contributed by atoms with Crippen molar-refractivity contribution >= 4 is 34.8 Å². The molecule has 1 atom stereocenters. The monoisotopic (exact) mass is 234 g/mol. The van der Waals surface area contributed by atoms with E-state index >= 15 is 0 Å². The Bertz CT molecular complexity index is 318. The summed E-state index contributed by atoms with van der Waals surface area (Å²) in [6.45, 7) is 1.91. The van der Waals surface area contributed by atoms with Crippen LogP contribution in [-0.4, -0.2) is 0 Å². The van der Waals surface area contributed by atoms with E-state index in [-0.39, 0.29) is 5.38 Å². The quantitative estimate of drug-likeness (QED) is 0.508. The Morgan fingerprint density at radius 2 is 2.00 bits per heavy atom. The molecule has 0 heterocycles. The van der Waals surface area contributed by atoms with Crippen LogP contribution in [0.1, 0.15) is 17.9 Å². The lowest BCUT2D eigenvalue weighted by Gasteiger charge is -2.07. The van der Waals surface area contributed by atoms with Crippen molar-refractivity contribution in [3.63, 3.8) is 0 Å². The summed E-state index contributed by atoms with van der Waals surface area (Å²) in [5, 5.41) is 0.854. The molecular formula is C10H9Cl3. The molecule has 0 aliphatic heterocycles. The third-order valence-electron chi connectivity index (χ3n) is 1.64. The summed E-state index contributed by atoms with van der Waals surface area (Å²) < 4.78 is 0. The molecule has 1 aromatic rings. The molecule has 0 radical (unpaired) electrons. The van der Waals surface area contributed by atoms with Gasteiger partial charge in [0.05, 0.1) is 15.4 Å². The van der Waals surface area contributed by atoms with Gasteiger partial charge in [0.25, 0.3) is 0 Å². The summed E-state index contributed by atoms with van der Waals surface area (Å²) in [5.74, 6) is 0. The summed E-state index contributed by atoms with van der Waals surface area (Å²) in [7, 11) is 0. The maximum Gasteiger partial charge on any atom is 0.0781 e. The van der Waals surface area contributed by atoms with Crippen molar-refractivity contribution in [1.82, 2.24) is 0 Å². The van der Waals surface area contributed by atoms with Crippen molar-refractivity contribution in [2.75, 3.05) is 0 Å². The maximum absolute atomic E-state index is 6.05. The van der Waals surface area contributed by atoms with Crippen LogP contribution in [0.3, 0.4) is 0 Å². The number of hydrogen-bond acceptors (Lipinski definition) is 0. The van der Waals surface area contributed by atoms with E-state index in [0.717, 1.165) is 5.56 Å². The highest BCUT2D eigenvalue weighted by molar-refractivity contribution is 6.43. The van der Waals surface area contributed by atoms with Gasteiger partial charge in [0.15, 0.2) is 0 Å². The van der Waals surface area contributed by atoms with Gasteiger partial charge in [-0.1, -0.05) is 47.5 Å². The van der Waals surface area contributed by atoms with Crippen LogP contribution < -0.4 is 0 Å². The Kier molecular flexibility index (Phi) is 4.11. The second-order valence-electron chi connectivity index (χ2n) is 2.57. The molecule has 0 aliphatic carbocycles. The molecule has 13 heavy (non-hydrogen) atoms. The minimum Gasteiger partial charge on any atom is -0.113 e. The van der Waals surface area contributed by atoms with E-state index in [1.165, 1.54) is 0 Å². The molecule has 1 aromatic carbocycles. The van der Waals surface area contributed by atoms with Crippen LogP contribution in [-0.2, 0) is 0 Å². The zero-order chi connectivity index (χ0) is 9.84. The first-order valence-electron chi connectivity index (χ1n) is 3.87. The first kappa shape index (κ1) is 10.9. The van der Waals surface area contributed by atoms with Crippen molar-refractivity contribution in [2.24, 2.45) is 0 Å². The molecule has 0 amide bonds. The number of rotatable bonds is 2. The molecule has 0 spiro atoms. The maximum atomic E-state index is 6.05. The van der Waals surface area contributed by atoms with E-state index in [1.54, 1.807) is 6.07 Å². The molecule has 0 saturated carbocycles. The van der Waals surface area contributed by atoms with Crippen LogP contribution in [0.2, 0.25) is 10.0 Å². The summed E-state index contributed by atoms with van der Waals surface area (Å²) in [6.07, 6.45) is 3.74. The van der Waals surface area contributed by atoms with Crippen LogP contribution in [0.5, 0.6) is 0 Å². The number of halogens is 3. The molecule has 0 aromatic heterocycles. The Morgan fingerprint density at radius 3 is 2.62 bits per heavy atom. The third kappa shape index (κ3) is 2.63. The summed E-state index contributed by atoms with van der Waals surface area (Å²) >= 11 is 17.9. The number of alkyl halides is 1. The lowest BCUT2D eigenvalue weighted by molar-refractivity contribution is 1.21. The Balaban J connectivity index is 3.07. The lowest BCUT2D eigenvalue weighted by atomic mass is 10.1. The van der Waals surface area contributed by atoms with Crippen molar-refractivity contribution in [1.29, 1.82) is 0 Å². The molecule has 3 heteroatoms. The second kappa shape index (κ2) is 4.90. The van der Waals surface area contributed by atoms with E-state index in [4.69, 9.17) is 34.8 Å². The fourth-order valence-corrected chi connectivity index (χ4v) is 1.81. The van der Waals surface area contributed by atoms with E-state index in [9.17, 15) is 0 Å². The minimum atomic E-state index is -0.212. The van der Waals surface area contributed by atoms with E-state index in [1.807, 2.05) is 31.2 Å². The minimum absolute atomic E-state index is 0.212. The van der Waals surface area contributed by atoms with Crippen molar-refractivity contribution in [3.05, 3.63) is 46.0 Å². The van der Waals surface area contributed by atoms with Crippen molar-refractivity contribution in [2.45, 2.75) is 12.3 Å². The van der Waals surface area contributed by atoms with Gasteiger partial charge < -0.3 is 0 Å². The predicted octanol–water partition coefficient (Wildman–Crippen LogP) is 4.85. The van der Waals surface area contributed by atoms with E-state index in [2.05, 4.69) is 0 Å². The fourth-order valence-electron chi connectivity index (χ4n) is 1.01. The van der Waals surface area contributed by atoms with Gasteiger partial charge in [0, 0.05) is 0 Å². The zero-order valence-electron chi connectivity index (χ0n) is 7.10. The van der Waals surface area contributed by atoms with Crippen LogP contribution in [0.15, 0.2) is 30.4 Å². The van der Waals surface area contributed by atoms with Crippen LogP contribution in [0.25, 0.3) is 0 Å². The number of hydrogen-bond donors (Lipinski definition) is 0. The normalized spacial score (nSPS) is 13.5. The predicted molar refractivity (Wildman–Crippen MR) is 59.9 cm³/mol. The van der Waals surface area contributed by atoms with Gasteiger partial charge in [-0.3, -0.25) is 0 Å². The van der Waals surface area contributed by atoms with Gasteiger partial charge in [0.2, 0.25) is 0 Å². The highest BCUT2D eigenvalue weighted by atomic mass is 35.5. The molecule has 0 nitrogen and oxygen atoms in total. The van der Waals surface area contributed by atoms with E-state index in [0.29, 0.717) is 10.0 Å². The topological polar surface area (TPSA) is 0 Å². The zero-order valence-corrected chi connectivity index (χ0v) is 9.37. The average Bonchev–Trinajstić information content (AvgIpc) is 2.10. The van der Waals surface area contributed by atoms with Gasteiger partial charge in [-0.05, 0) is 18.6 Å². The van der Waals surface area contributed by atoms with Crippen LogP contribution in [0, 0.1) is 0 Å². The van der Waals surface area contributed by atoms with Gasteiger partial charge in [-0.25, -0.2) is 0 Å². The highest BCUT2D eigenvalue weighted by Crippen LogP contribution is 2.33. The van der Waals surface area contributed by atoms with Gasteiger partial charge in [0.1, 0.15) is 0 Å². The van der Waals surface area contributed by atoms with Crippen LogP contribution in [0.4, 0.5) is 0 Å². The fraction of sp³-hybridized carbons (Fsp3) is 0.200. The molecule has 0 bridgehead atoms. The molecule has 0 saturated heterocycles. The summed E-state index contributed by atoms with van der Waals surface area (Å²) in [6, 6.07) is 5.45. The Labute approximate surface area is 93.1 Å². The summed E-state index contributed by atoms with van der Waals surface area (Å²) in [5.41, 5.74) is 0.842. The molecule has 70 valence electrons. The lowest BCUT2D eigenvalue weighted by Crippen LogP contribution is -1.87. The Hall–Kier alpha value is -0.170. The standard InChI is InChI=1S/C10H9Cl3/c1-2-4-8(11)7-5-3-6-9(12)10(7)13/h2-6,8H,1H3. The smallest absolute Gasteiger partial charge is 0.0781 e. The largest absolute Gasteiger partial charge is 0.113 e. The molecule has 0 fully saturated rings. The van der Waals surface area contributed by atoms with Crippen LogP contribution >= 0.6 is 34.8 Å². The number of allylic oxidation sites excluding steroid dienone is 2. The van der Waals surface area contributed by atoms with Crippen molar-refractivity contribution in [3.8, 4) is 0 Å². The first-order chi connectivity index (χ1) is 6.16. The molecule has 0 aliphatic rings. The molecule has 1 rings (SSSR count). The van der Waals surface area contributed by atoms with Crippen molar-refractivity contribution < 1.29 is 0 Å². The SMILES string of the molecule is CC=CC(Cl)c1cccc(Cl)c1Cl. The number of benzene rings is 1. The Morgan fingerprint density at radius 1 is 1.31 bits per heavy atom. The third-order valence-corrected chi connectivity index (χ3v) is 2.85. The summed E-state index contributed by atoms with van der Waals surface area (Å²) in [4.78, 5) is 0. The van der Waals surface area contributed by atoms with Gasteiger partial charge >= 0.3 is 0 Å². The highest BCUT2D eigenvalue weighted by Gasteiger charge is 2.10. The average molecular weight is 236 g/mol. The molecule has 1 unspecified atom stereocenters. The molecular weight excluding hydrogens is 226 g/mol. The second-order valence-corrected chi connectivity index (χ2v) is 3.83. The molecule has 0 N–H and O–H groups in total. The first-order valence-corrected chi connectivity index (χ1v) is 5.07.